The summed E-state index contributed by atoms with van der Waals surface area (Å²) in [5.74, 6) is 0.607. The first kappa shape index (κ1) is 16.3. The highest BCUT2D eigenvalue weighted by Gasteiger charge is 2.41. The van der Waals surface area contributed by atoms with Gasteiger partial charge in [0.15, 0.2) is 4.67 Å². The van der Waals surface area contributed by atoms with Gasteiger partial charge in [-0.3, -0.25) is 0 Å². The summed E-state index contributed by atoms with van der Waals surface area (Å²) in [7, 11) is -3.52. The van der Waals surface area contributed by atoms with E-state index in [0.29, 0.717) is 18.8 Å². The number of sulfonamides is 1. The second kappa shape index (κ2) is 5.99. The first-order valence-electron chi connectivity index (χ1n) is 6.73. The van der Waals surface area contributed by atoms with Gasteiger partial charge in [-0.1, -0.05) is 13.8 Å². The van der Waals surface area contributed by atoms with Crippen LogP contribution in [0.15, 0.2) is 20.0 Å². The lowest BCUT2D eigenvalue weighted by Crippen LogP contribution is -2.31. The molecule has 1 aliphatic rings. The zero-order valence-corrected chi connectivity index (χ0v) is 14.8. The molecule has 1 fully saturated rings. The summed E-state index contributed by atoms with van der Waals surface area (Å²) in [5.41, 5.74) is 0.110. The van der Waals surface area contributed by atoms with E-state index in [0.717, 1.165) is 19.3 Å². The van der Waals surface area contributed by atoms with E-state index in [1.54, 1.807) is 4.31 Å². The second-order valence-corrected chi connectivity index (χ2v) is 8.17. The fourth-order valence-corrected chi connectivity index (χ4v) is 5.35. The zero-order chi connectivity index (χ0) is 15.0. The minimum atomic E-state index is -3.52. The van der Waals surface area contributed by atoms with E-state index < -0.39 is 10.0 Å². The highest BCUT2D eigenvalue weighted by Crippen LogP contribution is 2.40. The van der Waals surface area contributed by atoms with Crippen LogP contribution in [-0.2, 0) is 15.9 Å². The van der Waals surface area contributed by atoms with Crippen LogP contribution >= 0.6 is 27.5 Å². The summed E-state index contributed by atoms with van der Waals surface area (Å²) in [6, 6.07) is 1.50. The van der Waals surface area contributed by atoms with Crippen LogP contribution in [0, 0.1) is 5.41 Å². The molecule has 4 nitrogen and oxygen atoms in total. The van der Waals surface area contributed by atoms with Gasteiger partial charge >= 0.3 is 0 Å². The zero-order valence-electron chi connectivity index (χ0n) is 11.7. The maximum absolute atomic E-state index is 12.7. The Morgan fingerprint density at radius 2 is 2.10 bits per heavy atom. The number of alkyl halides is 1. The van der Waals surface area contributed by atoms with Crippen LogP contribution < -0.4 is 0 Å². The molecule has 0 radical (unpaired) electrons. The lowest BCUT2D eigenvalue weighted by Gasteiger charge is -2.26. The molecule has 1 saturated heterocycles. The van der Waals surface area contributed by atoms with Gasteiger partial charge in [0, 0.05) is 19.2 Å². The van der Waals surface area contributed by atoms with Gasteiger partial charge < -0.3 is 4.42 Å². The number of hydrogen-bond donors (Lipinski definition) is 0. The lowest BCUT2D eigenvalue weighted by molar-refractivity contribution is 0.279. The Hall–Kier alpha value is -0.0400. The predicted molar refractivity (Wildman–Crippen MR) is 82.4 cm³/mol. The van der Waals surface area contributed by atoms with Crippen LogP contribution in [0.2, 0.25) is 0 Å². The number of halogens is 2. The van der Waals surface area contributed by atoms with Crippen LogP contribution in [-0.4, -0.2) is 25.8 Å². The summed E-state index contributed by atoms with van der Waals surface area (Å²) >= 11 is 8.86. The van der Waals surface area contributed by atoms with Gasteiger partial charge in [-0.05, 0) is 40.6 Å². The van der Waals surface area contributed by atoms with Crippen LogP contribution in [0.5, 0.6) is 0 Å². The average Bonchev–Trinajstić information content (AvgIpc) is 3.03. The van der Waals surface area contributed by atoms with Gasteiger partial charge in [-0.25, -0.2) is 8.42 Å². The van der Waals surface area contributed by atoms with Gasteiger partial charge in [0.25, 0.3) is 0 Å². The van der Waals surface area contributed by atoms with E-state index in [9.17, 15) is 8.42 Å². The average molecular weight is 385 g/mol. The molecule has 1 aliphatic heterocycles. The van der Waals surface area contributed by atoms with Crippen molar-refractivity contribution in [1.29, 1.82) is 0 Å². The molecular formula is C13H19BrClNO3S. The van der Waals surface area contributed by atoms with Crippen molar-refractivity contribution in [2.45, 2.75) is 43.9 Å². The van der Waals surface area contributed by atoms with E-state index in [-0.39, 0.29) is 20.9 Å². The molecule has 0 N–H and O–H groups in total. The SMILES string of the molecule is CCC1(CC)CCN(S(=O)(=O)c2cc(CCl)oc2Br)C1. The minimum Gasteiger partial charge on any atom is -0.452 e. The second-order valence-electron chi connectivity index (χ2n) is 5.28. The Labute approximate surface area is 133 Å². The summed E-state index contributed by atoms with van der Waals surface area (Å²) in [5, 5.41) is 0. The molecule has 0 atom stereocenters. The third kappa shape index (κ3) is 2.80. The van der Waals surface area contributed by atoms with Gasteiger partial charge in [0.2, 0.25) is 10.0 Å². The summed E-state index contributed by atoms with van der Waals surface area (Å²) < 4.78 is 32.5. The number of hydrogen-bond acceptors (Lipinski definition) is 3. The molecule has 0 saturated carbocycles. The van der Waals surface area contributed by atoms with Crippen molar-refractivity contribution in [3.8, 4) is 0 Å². The normalized spacial score (nSPS) is 19.6. The highest BCUT2D eigenvalue weighted by molar-refractivity contribution is 9.10. The molecule has 0 aromatic carbocycles. The van der Waals surface area contributed by atoms with Gasteiger partial charge in [-0.15, -0.1) is 11.6 Å². The Morgan fingerprint density at radius 3 is 2.55 bits per heavy atom. The van der Waals surface area contributed by atoms with E-state index >= 15 is 0 Å². The van der Waals surface area contributed by atoms with Crippen LogP contribution in [0.3, 0.4) is 0 Å². The maximum Gasteiger partial charge on any atom is 0.247 e. The summed E-state index contributed by atoms with van der Waals surface area (Å²) in [6.07, 6.45) is 2.90. The molecule has 0 amide bonds. The van der Waals surface area contributed by atoms with Crippen LogP contribution in [0.4, 0.5) is 0 Å². The van der Waals surface area contributed by atoms with E-state index in [4.69, 9.17) is 16.0 Å². The first-order valence-corrected chi connectivity index (χ1v) is 9.49. The molecule has 1 aromatic rings. The fourth-order valence-electron chi connectivity index (χ4n) is 2.71. The predicted octanol–water partition coefficient (Wildman–Crippen LogP) is 3.98. The molecule has 1 aromatic heterocycles. The largest absolute Gasteiger partial charge is 0.452 e. The molecule has 20 heavy (non-hydrogen) atoms. The van der Waals surface area contributed by atoms with E-state index in [2.05, 4.69) is 29.8 Å². The Balaban J connectivity index is 2.30. The van der Waals surface area contributed by atoms with Crippen LogP contribution in [0.25, 0.3) is 0 Å². The summed E-state index contributed by atoms with van der Waals surface area (Å²) in [4.78, 5) is 0.177. The lowest BCUT2D eigenvalue weighted by atomic mass is 9.82. The van der Waals surface area contributed by atoms with Gasteiger partial charge in [0.05, 0.1) is 5.88 Å². The number of furan rings is 1. The standard InChI is InChI=1S/C13H19BrClNO3S/c1-3-13(4-2)5-6-16(9-13)20(17,18)11-7-10(8-15)19-12(11)14/h7H,3-6,8-9H2,1-2H3. The molecule has 0 spiro atoms. The molecule has 2 rings (SSSR count). The molecule has 7 heteroatoms. The van der Waals surface area contributed by atoms with Crippen molar-refractivity contribution < 1.29 is 12.8 Å². The third-order valence-corrected chi connectivity index (χ3v) is 7.32. The fraction of sp³-hybridized carbons (Fsp3) is 0.692. The summed E-state index contributed by atoms with van der Waals surface area (Å²) in [6.45, 7) is 5.39. The third-order valence-electron chi connectivity index (χ3n) is 4.36. The van der Waals surface area contributed by atoms with Crippen molar-refractivity contribution in [1.82, 2.24) is 4.31 Å². The number of rotatable bonds is 5. The van der Waals surface area contributed by atoms with Crippen molar-refractivity contribution in [3.63, 3.8) is 0 Å². The quantitative estimate of drug-likeness (QED) is 0.721. The Kier molecular flexibility index (Phi) is 4.89. The van der Waals surface area contributed by atoms with Gasteiger partial charge in [0.1, 0.15) is 10.7 Å². The highest BCUT2D eigenvalue weighted by atomic mass is 79.9. The van der Waals surface area contributed by atoms with Crippen molar-refractivity contribution >= 4 is 37.6 Å². The smallest absolute Gasteiger partial charge is 0.247 e. The van der Waals surface area contributed by atoms with Crippen molar-refractivity contribution in [3.05, 3.63) is 16.5 Å². The molecule has 114 valence electrons. The van der Waals surface area contributed by atoms with Crippen LogP contribution in [0.1, 0.15) is 38.9 Å². The Bertz CT molecular complexity index is 580. The molecule has 0 unspecified atom stereocenters. The van der Waals surface area contributed by atoms with E-state index in [1.165, 1.54) is 6.07 Å². The van der Waals surface area contributed by atoms with Gasteiger partial charge in [-0.2, -0.15) is 4.31 Å². The molecular weight excluding hydrogens is 366 g/mol. The maximum atomic E-state index is 12.7. The van der Waals surface area contributed by atoms with Crippen molar-refractivity contribution in [2.24, 2.45) is 5.41 Å². The van der Waals surface area contributed by atoms with E-state index in [1.807, 2.05) is 0 Å². The Morgan fingerprint density at radius 1 is 1.45 bits per heavy atom. The molecule has 0 bridgehead atoms. The monoisotopic (exact) mass is 383 g/mol. The van der Waals surface area contributed by atoms with Crippen molar-refractivity contribution in [2.75, 3.05) is 13.1 Å². The number of nitrogens with zero attached hydrogens (tertiary/aromatic N) is 1. The topological polar surface area (TPSA) is 50.5 Å². The molecule has 0 aliphatic carbocycles. The first-order chi connectivity index (χ1) is 9.38. The minimum absolute atomic E-state index is 0.110. The molecule has 2 heterocycles.